The molecule has 0 bridgehead atoms. The van der Waals surface area contributed by atoms with Crippen LogP contribution in [0.1, 0.15) is 140 Å². The first-order valence-electron chi connectivity index (χ1n) is 39.4. The summed E-state index contributed by atoms with van der Waals surface area (Å²) in [5, 5.41) is 51.9. The van der Waals surface area contributed by atoms with Gasteiger partial charge in [0.05, 0.1) is 25.5 Å². The van der Waals surface area contributed by atoms with Crippen LogP contribution in [-0.4, -0.2) is 251 Å². The fourth-order valence-electron chi connectivity index (χ4n) is 13.1. The van der Waals surface area contributed by atoms with Crippen LogP contribution in [0, 0.1) is 5.92 Å². The molecule has 1 fully saturated rings. The normalized spacial score (nSPS) is 15.0. The number of unbranched alkanes of at least 4 members (excludes halogenated alkanes) is 3. The molecular formula is C76H119N25O16. The highest BCUT2D eigenvalue weighted by molar-refractivity contribution is 6.00. The molecule has 1 saturated heterocycles. The Balaban J connectivity index is 1.32. The maximum Gasteiger partial charge on any atom is 0.326 e. The molecule has 1 aliphatic heterocycles. The average molecular weight is 1640 g/mol. The third kappa shape index (κ3) is 33.9. The summed E-state index contributed by atoms with van der Waals surface area (Å²) in [5.41, 5.74) is 41.7. The number of nitrogens with two attached hydrogens (primary N) is 7. The molecule has 5 rings (SSSR count). The number of aromatic amines is 2. The van der Waals surface area contributed by atoms with E-state index >= 15 is 0 Å². The first-order valence-corrected chi connectivity index (χ1v) is 39.4. The number of guanidine groups is 2. The maximum absolute atomic E-state index is 15.0. The zero-order valence-electron chi connectivity index (χ0n) is 66.6. The predicted octanol–water partition coefficient (Wildman–Crippen LogP) is -4.81. The van der Waals surface area contributed by atoms with E-state index in [0.717, 1.165) is 0 Å². The Labute approximate surface area is 678 Å². The molecule has 117 heavy (non-hydrogen) atoms. The zero-order chi connectivity index (χ0) is 85.9. The molecule has 11 unspecified atom stereocenters. The number of aliphatic imine (C=N–C) groups is 2. The Kier molecular flexibility index (Phi) is 41.9. The molecule has 12 amide bonds. The number of H-pyrrole nitrogens is 2. The van der Waals surface area contributed by atoms with Crippen LogP contribution in [0.25, 0.3) is 10.9 Å². The van der Waals surface area contributed by atoms with E-state index in [0.29, 0.717) is 72.7 Å². The second-order valence-electron chi connectivity index (χ2n) is 28.9. The van der Waals surface area contributed by atoms with E-state index in [1.54, 1.807) is 74.6 Å². The number of nitrogens with zero attached hydrogens (tertiary/aromatic N) is 4. The third-order valence-electron chi connectivity index (χ3n) is 19.4. The fourth-order valence-corrected chi connectivity index (χ4v) is 13.1. The number of carbonyl (C=O) groups excluding carboxylic acids is 12. The van der Waals surface area contributed by atoms with Gasteiger partial charge in [-0.3, -0.25) is 72.3 Å². The van der Waals surface area contributed by atoms with Crippen LogP contribution in [0.3, 0.4) is 0 Å². The lowest BCUT2D eigenvalue weighted by atomic mass is 10.0. The van der Waals surface area contributed by atoms with Crippen molar-refractivity contribution in [2.45, 2.75) is 209 Å². The molecule has 1 aliphatic rings. The number of hydrogen-bond donors (Lipinski definition) is 23. The minimum atomic E-state index is -1.48. The summed E-state index contributed by atoms with van der Waals surface area (Å²) in [4.78, 5) is 214. The molecule has 30 N–H and O–H groups in total. The summed E-state index contributed by atoms with van der Waals surface area (Å²) < 4.78 is 0. The van der Waals surface area contributed by atoms with Crippen molar-refractivity contribution < 1.29 is 77.3 Å². The van der Waals surface area contributed by atoms with E-state index in [1.807, 2.05) is 0 Å². The summed E-state index contributed by atoms with van der Waals surface area (Å²) in [6.07, 6.45) is 6.67. The zero-order valence-corrected chi connectivity index (χ0v) is 66.6. The number of benzene rings is 2. The van der Waals surface area contributed by atoms with Crippen molar-refractivity contribution in [3.63, 3.8) is 0 Å². The van der Waals surface area contributed by atoms with Crippen LogP contribution in [0.2, 0.25) is 0 Å². The van der Waals surface area contributed by atoms with Gasteiger partial charge in [0.2, 0.25) is 70.9 Å². The predicted molar refractivity (Wildman–Crippen MR) is 433 cm³/mol. The first kappa shape index (κ1) is 95.7. The molecule has 0 aliphatic carbocycles. The van der Waals surface area contributed by atoms with Gasteiger partial charge in [0.1, 0.15) is 60.4 Å². The number of rotatable bonds is 55. The Hall–Kier alpha value is -11.8. The number of para-hydroxylation sites is 1. The number of carboxylic acid groups (broad SMARTS) is 2. The van der Waals surface area contributed by atoms with Gasteiger partial charge in [-0.25, -0.2) is 9.78 Å². The number of carboxylic acids is 2. The quantitative estimate of drug-likeness (QED) is 0.0112. The van der Waals surface area contributed by atoms with Crippen LogP contribution in [0.4, 0.5) is 0 Å². The lowest BCUT2D eigenvalue weighted by molar-refractivity contribution is -0.142. The molecule has 4 aromatic rings. The molecule has 41 nitrogen and oxygen atoms in total. The summed E-state index contributed by atoms with van der Waals surface area (Å²) in [5.74, 6) is -13.1. The molecule has 11 atom stereocenters. The van der Waals surface area contributed by atoms with Gasteiger partial charge in [-0.05, 0) is 153 Å². The molecule has 41 heteroatoms. The summed E-state index contributed by atoms with van der Waals surface area (Å²) in [6.45, 7) is 2.76. The number of hydrogen-bond acceptors (Lipinski definition) is 21. The molecule has 0 spiro atoms. The Morgan fingerprint density at radius 2 is 0.983 bits per heavy atom. The van der Waals surface area contributed by atoms with E-state index in [1.165, 1.54) is 24.5 Å². The number of fused-ring (bicyclic) bond motifs is 1. The van der Waals surface area contributed by atoms with E-state index < -0.39 is 168 Å². The molecule has 0 radical (unpaired) electrons. The van der Waals surface area contributed by atoms with Crippen molar-refractivity contribution in [3.05, 3.63) is 90.1 Å². The lowest BCUT2D eigenvalue weighted by Crippen LogP contribution is -2.60. The van der Waals surface area contributed by atoms with Gasteiger partial charge in [-0.2, -0.15) is 0 Å². The monoisotopic (exact) mass is 1640 g/mol. The largest absolute Gasteiger partial charge is 0.481 e. The van der Waals surface area contributed by atoms with E-state index in [4.69, 9.17) is 40.1 Å². The minimum absolute atomic E-state index is 0.0110. The highest BCUT2D eigenvalue weighted by Gasteiger charge is 2.41. The average Bonchev–Trinajstić information content (AvgIpc) is 1.71. The summed E-state index contributed by atoms with van der Waals surface area (Å²) in [6, 6.07) is 1.42. The number of imidazole rings is 1. The molecule has 0 saturated carbocycles. The molecular weight excluding hydrogens is 1520 g/mol. The van der Waals surface area contributed by atoms with Crippen molar-refractivity contribution in [3.8, 4) is 0 Å². The highest BCUT2D eigenvalue weighted by Crippen LogP contribution is 2.23. The standard InChI is InChI=1S/C76H119N25O16/c1-44(2)63(72(114)90-42-60(102)92-51(22-9-12-30-77)66(108)94-52(23-10-13-31-78)67(109)96-55(74(116)117)26-16-34-87-76(82)83)100-71(113)59-27-17-35-101(59)73(115)54(24-11-14-32-79)93-61(103)41-89-64(106)57(37-46-39-88-49-21-8-7-20-48(46)49)98-68(110)53(25-15-33-86-75(80)81)95-69(111)56(36-45-18-5-4-6-19-45)97-70(112)58(38-47-40-85-43-91-47)99-65(107)50(84-3)28-29-62(104)105/h4-8,18-21,39-40,43-44,50-59,63,84,88H,9-17,22-38,41-42,77-79H2,1-3H3,(H,85,91)(H,89,106)(H,90,114)(H,92,102)(H,93,103)(H,94,108)(H,95,111)(H,96,109)(H,97,112)(H,98,110)(H,99,107)(H,100,113)(H,104,105)(H,116,117)(H4,80,81,86)(H4,82,83,87). The van der Waals surface area contributed by atoms with E-state index in [2.05, 4.69) is 88.7 Å². The van der Waals surface area contributed by atoms with Crippen LogP contribution in [0.15, 0.2) is 83.3 Å². The number of nitrogens with one attached hydrogen (secondary N) is 14. The number of carbonyl (C=O) groups is 14. The van der Waals surface area contributed by atoms with Gasteiger partial charge < -0.3 is 129 Å². The Bertz CT molecular complexity index is 3970. The van der Waals surface area contributed by atoms with Crippen LogP contribution < -0.4 is 104 Å². The number of likely N-dealkylation sites (N-methyl/N-ethyl adjacent to an activating group) is 1. The van der Waals surface area contributed by atoms with Crippen LogP contribution >= 0.6 is 0 Å². The number of aliphatic carboxylic acids is 2. The minimum Gasteiger partial charge on any atom is -0.481 e. The van der Waals surface area contributed by atoms with Crippen molar-refractivity contribution in [1.29, 1.82) is 0 Å². The number of aromatic nitrogens is 3. The smallest absolute Gasteiger partial charge is 0.326 e. The SMILES string of the molecule is CNC(CCC(=O)O)C(=O)NC(Cc1cnc[nH]1)C(=O)NC(Cc1ccccc1)C(=O)NC(CCCN=C(N)N)C(=O)NC(Cc1c[nH]c2ccccc12)C(=O)NCC(=O)NC(CCCCN)C(=O)N1CCCC1C(=O)NC(C(=O)NCC(=O)NC(CCCCN)C(=O)NC(CCCCN)C(=O)NC(CCCN=C(N)N)C(=O)O)C(C)C. The summed E-state index contributed by atoms with van der Waals surface area (Å²) in [7, 11) is 1.46. The van der Waals surface area contributed by atoms with Crippen LogP contribution in [0.5, 0.6) is 0 Å². The van der Waals surface area contributed by atoms with Gasteiger partial charge in [-0.1, -0.05) is 62.4 Å². The first-order chi connectivity index (χ1) is 56.0. The van der Waals surface area contributed by atoms with Crippen molar-refractivity contribution in [1.82, 2.24) is 83.7 Å². The molecule has 2 aromatic heterocycles. The molecule has 2 aromatic carbocycles. The molecule has 3 heterocycles. The highest BCUT2D eigenvalue weighted by atomic mass is 16.4. The van der Waals surface area contributed by atoms with Crippen molar-refractivity contribution in [2.24, 2.45) is 56.0 Å². The van der Waals surface area contributed by atoms with Gasteiger partial charge in [0.15, 0.2) is 11.9 Å². The van der Waals surface area contributed by atoms with Crippen molar-refractivity contribution >= 4 is 106 Å². The number of amides is 12. The van der Waals surface area contributed by atoms with E-state index in [9.17, 15) is 77.3 Å². The van der Waals surface area contributed by atoms with Crippen LogP contribution in [-0.2, 0) is 86.4 Å². The second kappa shape index (κ2) is 51.2. The fraction of sp³-hybridized carbons (Fsp3) is 0.566. The topological polar surface area (TPSA) is 678 Å². The number of likely N-dealkylation sites (tertiary alicyclic amines) is 1. The Morgan fingerprint density at radius 3 is 1.50 bits per heavy atom. The van der Waals surface area contributed by atoms with E-state index in [-0.39, 0.29) is 135 Å². The third-order valence-corrected chi connectivity index (χ3v) is 19.4. The van der Waals surface area contributed by atoms with Gasteiger partial charge in [0.25, 0.3) is 0 Å². The lowest BCUT2D eigenvalue weighted by Gasteiger charge is -2.30. The molecule has 644 valence electrons. The van der Waals surface area contributed by atoms with Crippen molar-refractivity contribution in [2.75, 3.05) is 59.4 Å². The summed E-state index contributed by atoms with van der Waals surface area (Å²) >= 11 is 0. The van der Waals surface area contributed by atoms with Gasteiger partial charge in [0, 0.05) is 74.3 Å². The maximum atomic E-state index is 15.0. The van der Waals surface area contributed by atoms with Gasteiger partial charge in [-0.15, -0.1) is 0 Å². The second-order valence-corrected chi connectivity index (χ2v) is 28.9. The Morgan fingerprint density at radius 1 is 0.513 bits per heavy atom. The van der Waals surface area contributed by atoms with Gasteiger partial charge >= 0.3 is 11.9 Å².